The summed E-state index contributed by atoms with van der Waals surface area (Å²) in [6, 6.07) is 0.139. The molecule has 0 saturated carbocycles. The van der Waals surface area contributed by atoms with Crippen molar-refractivity contribution in [2.24, 2.45) is 5.92 Å². The van der Waals surface area contributed by atoms with Gasteiger partial charge in [-0.25, -0.2) is 0 Å². The second-order valence-corrected chi connectivity index (χ2v) is 4.52. The Morgan fingerprint density at radius 1 is 1.58 bits per heavy atom. The third kappa shape index (κ3) is 6.55. The Bertz CT molecular complexity index is 407. The van der Waals surface area contributed by atoms with E-state index in [0.29, 0.717) is 0 Å². The van der Waals surface area contributed by atoms with Gasteiger partial charge in [0.1, 0.15) is 0 Å². The monoisotopic (exact) mass is 266 g/mol. The number of nitrogens with one attached hydrogen (secondary N) is 1. The van der Waals surface area contributed by atoms with Gasteiger partial charge in [-0.05, 0) is 25.8 Å². The topological polar surface area (TPSA) is 72.2 Å². The van der Waals surface area contributed by atoms with E-state index in [-0.39, 0.29) is 17.9 Å². The number of carbonyl (C=O) groups is 1. The van der Waals surface area contributed by atoms with E-state index in [4.69, 9.17) is 10.1 Å². The van der Waals surface area contributed by atoms with E-state index in [9.17, 15) is 4.79 Å². The molecule has 0 spiro atoms. The highest BCUT2D eigenvalue weighted by atomic mass is 16.6. The molecule has 2 atom stereocenters. The lowest BCUT2D eigenvalue weighted by atomic mass is 9.99. The SMILES string of the molecule is C=C/C(=C\C(C)=C/C)[C@@H]1CC(C)C(=O)N1.C[N+](=O)[O-]. The predicted octanol–water partition coefficient (Wildman–Crippen LogP) is 2.48. The highest BCUT2D eigenvalue weighted by Gasteiger charge is 2.29. The minimum absolute atomic E-state index is 0.115. The smallest absolute Gasteiger partial charge is 0.223 e. The fraction of sp³-hybridized carbons (Fsp3) is 0.500. The van der Waals surface area contributed by atoms with E-state index >= 15 is 0 Å². The molecule has 1 N–H and O–H groups in total. The van der Waals surface area contributed by atoms with E-state index < -0.39 is 4.92 Å². The maximum atomic E-state index is 11.4. The lowest BCUT2D eigenvalue weighted by Crippen LogP contribution is -2.27. The van der Waals surface area contributed by atoms with Gasteiger partial charge in [0.25, 0.3) is 0 Å². The zero-order chi connectivity index (χ0) is 15.0. The number of allylic oxidation sites excluding steroid dienone is 3. The molecule has 1 aliphatic rings. The molecule has 0 aromatic heterocycles. The summed E-state index contributed by atoms with van der Waals surface area (Å²) in [7, 11) is 0.889. The van der Waals surface area contributed by atoms with Crippen molar-refractivity contribution >= 4 is 5.91 Å². The lowest BCUT2D eigenvalue weighted by molar-refractivity contribution is -0.445. The summed E-state index contributed by atoms with van der Waals surface area (Å²) in [6.45, 7) is 9.80. The normalized spacial score (nSPS) is 23.3. The van der Waals surface area contributed by atoms with E-state index in [2.05, 4.69) is 18.0 Å². The summed E-state index contributed by atoms with van der Waals surface area (Å²) in [5.74, 6) is 0.259. The summed E-state index contributed by atoms with van der Waals surface area (Å²) in [5.41, 5.74) is 2.29. The number of carbonyl (C=O) groups excluding carboxylic acids is 1. The van der Waals surface area contributed by atoms with Crippen molar-refractivity contribution in [3.05, 3.63) is 46.1 Å². The number of hydrogen-bond donors (Lipinski definition) is 1. The molecule has 5 nitrogen and oxygen atoms in total. The third-order valence-electron chi connectivity index (χ3n) is 2.84. The van der Waals surface area contributed by atoms with Gasteiger partial charge >= 0.3 is 0 Å². The standard InChI is InChI=1S/C13H19NO.CH3NO2/c1-5-9(3)7-11(6-2)12-8-10(4)13(15)14-12;1-2(3)4/h5-7,10,12H,2,8H2,1,3-4H3,(H,14,15);1H3/b9-5-,11-7+;/t10?,12-;/m0./s1. The molecule has 0 bridgehead atoms. The molecular formula is C14H22N2O3. The van der Waals surface area contributed by atoms with Crippen LogP contribution in [0, 0.1) is 16.0 Å². The first kappa shape index (κ1) is 17.1. The van der Waals surface area contributed by atoms with E-state index in [0.717, 1.165) is 19.0 Å². The van der Waals surface area contributed by atoms with Crippen molar-refractivity contribution in [1.82, 2.24) is 5.32 Å². The molecule has 1 saturated heterocycles. The quantitative estimate of drug-likeness (QED) is 0.484. The highest BCUT2D eigenvalue weighted by Crippen LogP contribution is 2.21. The molecule has 0 aromatic carbocycles. The maximum absolute atomic E-state index is 11.4. The van der Waals surface area contributed by atoms with Crippen molar-refractivity contribution in [3.8, 4) is 0 Å². The Labute approximate surface area is 114 Å². The van der Waals surface area contributed by atoms with Gasteiger partial charge in [-0.2, -0.15) is 0 Å². The van der Waals surface area contributed by atoms with E-state index in [1.54, 1.807) is 0 Å². The summed E-state index contributed by atoms with van der Waals surface area (Å²) in [4.78, 5) is 19.7. The Balaban J connectivity index is 0.000000711. The fourth-order valence-corrected chi connectivity index (χ4v) is 1.70. The average molecular weight is 266 g/mol. The first-order valence-electron chi connectivity index (χ1n) is 6.17. The van der Waals surface area contributed by atoms with Gasteiger partial charge in [0.15, 0.2) is 7.05 Å². The van der Waals surface area contributed by atoms with Crippen molar-refractivity contribution in [3.63, 3.8) is 0 Å². The zero-order valence-electron chi connectivity index (χ0n) is 12.0. The van der Waals surface area contributed by atoms with Gasteiger partial charge in [0, 0.05) is 10.8 Å². The molecule has 0 aromatic rings. The molecule has 1 rings (SSSR count). The summed E-state index contributed by atoms with van der Waals surface area (Å²) < 4.78 is 0. The molecule has 19 heavy (non-hydrogen) atoms. The van der Waals surface area contributed by atoms with Crippen LogP contribution in [-0.4, -0.2) is 23.9 Å². The molecule has 106 valence electrons. The van der Waals surface area contributed by atoms with Gasteiger partial charge in [-0.3, -0.25) is 14.9 Å². The first-order valence-corrected chi connectivity index (χ1v) is 6.17. The van der Waals surface area contributed by atoms with Crippen LogP contribution in [-0.2, 0) is 4.79 Å². The maximum Gasteiger partial charge on any atom is 0.223 e. The minimum Gasteiger partial charge on any atom is -0.349 e. The molecule has 0 radical (unpaired) electrons. The number of nitro groups is 1. The molecule has 1 aliphatic heterocycles. The zero-order valence-corrected chi connectivity index (χ0v) is 12.0. The Kier molecular flexibility index (Phi) is 7.41. The molecule has 1 fully saturated rings. The second kappa shape index (κ2) is 8.24. The number of rotatable bonds is 3. The van der Waals surface area contributed by atoms with E-state index in [1.807, 2.05) is 32.9 Å². The second-order valence-electron chi connectivity index (χ2n) is 4.52. The predicted molar refractivity (Wildman–Crippen MR) is 76.3 cm³/mol. The van der Waals surface area contributed by atoms with Crippen LogP contribution in [0.25, 0.3) is 0 Å². The third-order valence-corrected chi connectivity index (χ3v) is 2.84. The van der Waals surface area contributed by atoms with Gasteiger partial charge in [-0.1, -0.05) is 37.3 Å². The first-order chi connectivity index (χ1) is 8.81. The summed E-state index contributed by atoms with van der Waals surface area (Å²) in [6.07, 6.45) is 6.82. The molecule has 0 aliphatic carbocycles. The largest absolute Gasteiger partial charge is 0.349 e. The van der Waals surface area contributed by atoms with Crippen LogP contribution in [0.4, 0.5) is 0 Å². The van der Waals surface area contributed by atoms with Crippen LogP contribution in [0.5, 0.6) is 0 Å². The number of nitrogens with zero attached hydrogens (tertiary/aromatic N) is 1. The van der Waals surface area contributed by atoms with Gasteiger partial charge in [0.05, 0.1) is 6.04 Å². The number of amides is 1. The van der Waals surface area contributed by atoms with Crippen LogP contribution in [0.3, 0.4) is 0 Å². The highest BCUT2D eigenvalue weighted by molar-refractivity contribution is 5.81. The van der Waals surface area contributed by atoms with Crippen LogP contribution >= 0.6 is 0 Å². The molecule has 1 amide bonds. The minimum atomic E-state index is -0.500. The van der Waals surface area contributed by atoms with Gasteiger partial charge in [0.2, 0.25) is 5.91 Å². The van der Waals surface area contributed by atoms with Crippen LogP contribution in [0.1, 0.15) is 27.2 Å². The van der Waals surface area contributed by atoms with Crippen molar-refractivity contribution in [2.45, 2.75) is 33.2 Å². The van der Waals surface area contributed by atoms with Gasteiger partial charge < -0.3 is 5.32 Å². The van der Waals surface area contributed by atoms with Crippen molar-refractivity contribution in [2.75, 3.05) is 7.05 Å². The van der Waals surface area contributed by atoms with Crippen LogP contribution in [0.15, 0.2) is 36.0 Å². The van der Waals surface area contributed by atoms with Crippen molar-refractivity contribution < 1.29 is 9.72 Å². The number of hydrogen-bond acceptors (Lipinski definition) is 3. The summed E-state index contributed by atoms with van der Waals surface area (Å²) in [5, 5.41) is 11.8. The van der Waals surface area contributed by atoms with Crippen LogP contribution in [0.2, 0.25) is 0 Å². The lowest BCUT2D eigenvalue weighted by Gasteiger charge is -2.11. The average Bonchev–Trinajstić information content (AvgIpc) is 2.65. The Morgan fingerprint density at radius 2 is 2.11 bits per heavy atom. The van der Waals surface area contributed by atoms with Crippen LogP contribution < -0.4 is 5.32 Å². The Morgan fingerprint density at radius 3 is 2.42 bits per heavy atom. The fourth-order valence-electron chi connectivity index (χ4n) is 1.70. The molecular weight excluding hydrogens is 244 g/mol. The summed E-state index contributed by atoms with van der Waals surface area (Å²) >= 11 is 0. The van der Waals surface area contributed by atoms with Crippen molar-refractivity contribution in [1.29, 1.82) is 0 Å². The molecule has 1 heterocycles. The molecule has 5 heteroatoms. The Hall–Kier alpha value is -1.91. The molecule has 1 unspecified atom stereocenters. The van der Waals surface area contributed by atoms with E-state index in [1.165, 1.54) is 5.57 Å². The van der Waals surface area contributed by atoms with Gasteiger partial charge in [-0.15, -0.1) is 0 Å².